The average Bonchev–Trinajstić information content (AvgIpc) is 2.26. The molecule has 17 heavy (non-hydrogen) atoms. The molecule has 0 aromatic heterocycles. The molecular weight excluding hydrogens is 237 g/mol. The molecule has 1 rings (SSSR count). The Bertz CT molecular complexity index is 501. The van der Waals surface area contributed by atoms with Crippen LogP contribution in [0, 0.1) is 15.9 Å². The number of aliphatic carboxylic acids is 1. The Morgan fingerprint density at radius 3 is 2.53 bits per heavy atom. The number of rotatable bonds is 4. The predicted molar refractivity (Wildman–Crippen MR) is 51.0 cm³/mol. The highest BCUT2D eigenvalue weighted by Crippen LogP contribution is 2.28. The summed E-state index contributed by atoms with van der Waals surface area (Å²) in [7, 11) is 0. The van der Waals surface area contributed by atoms with E-state index in [-0.39, 0.29) is 6.29 Å². The second-order valence-electron chi connectivity index (χ2n) is 3.02. The molecule has 0 saturated carbocycles. The van der Waals surface area contributed by atoms with Gasteiger partial charge in [0.15, 0.2) is 12.4 Å². The third-order valence-corrected chi connectivity index (χ3v) is 2.02. The van der Waals surface area contributed by atoms with E-state index in [1.54, 1.807) is 0 Å². The van der Waals surface area contributed by atoms with Crippen LogP contribution < -0.4 is 0 Å². The molecule has 1 unspecified atom stereocenters. The Kier molecular flexibility index (Phi) is 3.49. The van der Waals surface area contributed by atoms with Crippen molar-refractivity contribution in [2.75, 3.05) is 0 Å². The van der Waals surface area contributed by atoms with Gasteiger partial charge in [0, 0.05) is 17.2 Å². The number of carbonyl (C=O) groups excluding carboxylic acids is 1. The van der Waals surface area contributed by atoms with E-state index in [1.165, 1.54) is 0 Å². The lowest BCUT2D eigenvalue weighted by Crippen LogP contribution is -2.15. The first-order valence-electron chi connectivity index (χ1n) is 4.23. The Morgan fingerprint density at radius 1 is 1.53 bits per heavy atom. The van der Waals surface area contributed by atoms with Gasteiger partial charge in [0.25, 0.3) is 0 Å². The van der Waals surface area contributed by atoms with Crippen LogP contribution >= 0.6 is 0 Å². The number of nitro groups is 1. The normalized spacial score (nSPS) is 11.9. The zero-order valence-electron chi connectivity index (χ0n) is 8.16. The first kappa shape index (κ1) is 12.7. The molecule has 0 spiro atoms. The van der Waals surface area contributed by atoms with Crippen molar-refractivity contribution in [3.63, 3.8) is 0 Å². The van der Waals surface area contributed by atoms with Crippen LogP contribution in [0.1, 0.15) is 22.0 Å². The fraction of sp³-hybridized carbons (Fsp3) is 0.111. The number of aldehydes is 1. The van der Waals surface area contributed by atoms with Gasteiger partial charge in [-0.25, -0.2) is 4.79 Å². The van der Waals surface area contributed by atoms with Crippen molar-refractivity contribution in [1.82, 2.24) is 0 Å². The summed E-state index contributed by atoms with van der Waals surface area (Å²) in [5.41, 5.74) is -2.38. The van der Waals surface area contributed by atoms with E-state index in [0.29, 0.717) is 0 Å². The van der Waals surface area contributed by atoms with Crippen LogP contribution in [0.4, 0.5) is 10.1 Å². The van der Waals surface area contributed by atoms with Crippen LogP contribution in [0.3, 0.4) is 0 Å². The molecule has 0 aliphatic heterocycles. The summed E-state index contributed by atoms with van der Waals surface area (Å²) in [6.07, 6.45) is -2.23. The SMILES string of the molecule is O=Cc1ccc([N+](=O)[O-])c(F)c1C(O)C(=O)O. The van der Waals surface area contributed by atoms with Crippen LogP contribution in [0.15, 0.2) is 12.1 Å². The van der Waals surface area contributed by atoms with Gasteiger partial charge in [-0.1, -0.05) is 0 Å². The minimum atomic E-state index is -2.34. The summed E-state index contributed by atoms with van der Waals surface area (Å²) in [5, 5.41) is 28.1. The Morgan fingerprint density at radius 2 is 2.12 bits per heavy atom. The lowest BCUT2D eigenvalue weighted by atomic mass is 10.0. The van der Waals surface area contributed by atoms with E-state index in [9.17, 15) is 29.2 Å². The maximum absolute atomic E-state index is 13.6. The molecule has 7 nitrogen and oxygen atoms in total. The van der Waals surface area contributed by atoms with Gasteiger partial charge in [-0.15, -0.1) is 0 Å². The number of benzene rings is 1. The smallest absolute Gasteiger partial charge is 0.337 e. The van der Waals surface area contributed by atoms with Crippen LogP contribution in [0.25, 0.3) is 0 Å². The first-order chi connectivity index (χ1) is 7.90. The number of carbonyl (C=O) groups is 2. The molecule has 0 heterocycles. The summed E-state index contributed by atoms with van der Waals surface area (Å²) in [4.78, 5) is 30.4. The Labute approximate surface area is 93.3 Å². The van der Waals surface area contributed by atoms with Gasteiger partial charge in [-0.2, -0.15) is 4.39 Å². The topological polar surface area (TPSA) is 118 Å². The molecule has 1 atom stereocenters. The molecule has 8 heteroatoms. The van der Waals surface area contributed by atoms with Gasteiger partial charge in [0.1, 0.15) is 0 Å². The van der Waals surface area contributed by atoms with Crippen molar-refractivity contribution < 1.29 is 29.1 Å². The fourth-order valence-corrected chi connectivity index (χ4v) is 1.24. The van der Waals surface area contributed by atoms with Gasteiger partial charge >= 0.3 is 11.7 Å². The predicted octanol–water partition coefficient (Wildman–Crippen LogP) is 0.664. The van der Waals surface area contributed by atoms with Gasteiger partial charge in [0.2, 0.25) is 5.82 Å². The lowest BCUT2D eigenvalue weighted by molar-refractivity contribution is -0.387. The first-order valence-corrected chi connectivity index (χ1v) is 4.23. The summed E-state index contributed by atoms with van der Waals surface area (Å²) in [6, 6.07) is 1.59. The zero-order chi connectivity index (χ0) is 13.2. The van der Waals surface area contributed by atoms with E-state index in [1.807, 2.05) is 0 Å². The van der Waals surface area contributed by atoms with Gasteiger partial charge in [-0.3, -0.25) is 14.9 Å². The largest absolute Gasteiger partial charge is 0.479 e. The van der Waals surface area contributed by atoms with Crippen molar-refractivity contribution >= 4 is 17.9 Å². The van der Waals surface area contributed by atoms with Crippen LogP contribution in [-0.2, 0) is 4.79 Å². The summed E-state index contributed by atoms with van der Waals surface area (Å²) < 4.78 is 13.6. The highest BCUT2D eigenvalue weighted by Gasteiger charge is 2.29. The standard InChI is InChI=1S/C9H6FNO6/c10-7-5(11(16)17)2-1-4(3-12)6(7)8(13)9(14)15/h1-3,8,13H,(H,14,15). The highest BCUT2D eigenvalue weighted by atomic mass is 19.1. The second kappa shape index (κ2) is 4.66. The van der Waals surface area contributed by atoms with Crippen LogP contribution in [-0.4, -0.2) is 27.4 Å². The number of hydrogen-bond acceptors (Lipinski definition) is 5. The molecule has 0 amide bonds. The quantitative estimate of drug-likeness (QED) is 0.455. The van der Waals surface area contributed by atoms with E-state index in [4.69, 9.17) is 5.11 Å². The average molecular weight is 243 g/mol. The monoisotopic (exact) mass is 243 g/mol. The molecule has 2 N–H and O–H groups in total. The third kappa shape index (κ3) is 2.26. The third-order valence-electron chi connectivity index (χ3n) is 2.02. The second-order valence-corrected chi connectivity index (χ2v) is 3.02. The molecule has 90 valence electrons. The molecule has 0 bridgehead atoms. The minimum Gasteiger partial charge on any atom is -0.479 e. The molecule has 0 radical (unpaired) electrons. The number of aliphatic hydroxyl groups excluding tert-OH is 1. The molecule has 0 fully saturated rings. The summed E-state index contributed by atoms with van der Waals surface area (Å²) >= 11 is 0. The number of carboxylic acids is 1. The number of carboxylic acid groups (broad SMARTS) is 1. The van der Waals surface area contributed by atoms with Gasteiger partial charge in [0.05, 0.1) is 4.92 Å². The van der Waals surface area contributed by atoms with Crippen LogP contribution in [0.2, 0.25) is 0 Å². The number of nitrogens with zero attached hydrogens (tertiary/aromatic N) is 1. The van der Waals surface area contributed by atoms with Crippen molar-refractivity contribution in [3.8, 4) is 0 Å². The molecule has 0 aliphatic rings. The van der Waals surface area contributed by atoms with E-state index >= 15 is 0 Å². The van der Waals surface area contributed by atoms with Gasteiger partial charge < -0.3 is 10.2 Å². The number of hydrogen-bond donors (Lipinski definition) is 2. The fourth-order valence-electron chi connectivity index (χ4n) is 1.24. The maximum atomic E-state index is 13.6. The Balaban J connectivity index is 3.53. The van der Waals surface area contributed by atoms with Crippen molar-refractivity contribution in [2.24, 2.45) is 0 Å². The maximum Gasteiger partial charge on any atom is 0.337 e. The molecule has 0 aliphatic carbocycles. The molecule has 1 aromatic carbocycles. The minimum absolute atomic E-state index is 0.105. The van der Waals surface area contributed by atoms with Crippen molar-refractivity contribution in [1.29, 1.82) is 0 Å². The van der Waals surface area contributed by atoms with Crippen LogP contribution in [0.5, 0.6) is 0 Å². The molecule has 0 saturated heterocycles. The number of nitro benzene ring substituents is 1. The van der Waals surface area contributed by atoms with E-state index in [2.05, 4.69) is 0 Å². The summed E-state index contributed by atoms with van der Waals surface area (Å²) in [6.45, 7) is 0. The highest BCUT2D eigenvalue weighted by molar-refractivity contribution is 5.83. The van der Waals surface area contributed by atoms with Crippen molar-refractivity contribution in [3.05, 3.63) is 39.2 Å². The number of halogens is 1. The van der Waals surface area contributed by atoms with E-state index < -0.39 is 39.6 Å². The lowest BCUT2D eigenvalue weighted by Gasteiger charge is -2.09. The molecular formula is C9H6FNO6. The summed E-state index contributed by atoms with van der Waals surface area (Å²) in [5.74, 6) is -3.35. The number of aliphatic hydroxyl groups is 1. The van der Waals surface area contributed by atoms with E-state index in [0.717, 1.165) is 12.1 Å². The Hall–Kier alpha value is -2.35. The molecule has 1 aromatic rings. The zero-order valence-corrected chi connectivity index (χ0v) is 8.16. The van der Waals surface area contributed by atoms with Gasteiger partial charge in [-0.05, 0) is 6.07 Å². The van der Waals surface area contributed by atoms with Crippen molar-refractivity contribution in [2.45, 2.75) is 6.10 Å².